The molecule has 0 aliphatic heterocycles. The smallest absolute Gasteiger partial charge is 0.290 e. The first-order chi connectivity index (χ1) is 15.8. The van der Waals surface area contributed by atoms with Crippen molar-refractivity contribution in [1.29, 1.82) is 0 Å². The third-order valence-electron chi connectivity index (χ3n) is 4.23. The third-order valence-corrected chi connectivity index (χ3v) is 7.13. The normalized spacial score (nSPS) is 11.2. The quantitative estimate of drug-likeness (QED) is 0.228. The van der Waals surface area contributed by atoms with Gasteiger partial charge in [-0.05, 0) is 19.1 Å². The molecule has 0 fully saturated rings. The summed E-state index contributed by atoms with van der Waals surface area (Å²) in [5.41, 5.74) is 0.443. The van der Waals surface area contributed by atoms with E-state index in [9.17, 15) is 13.6 Å². The molecule has 0 unspecified atom stereocenters. The van der Waals surface area contributed by atoms with Crippen molar-refractivity contribution in [2.45, 2.75) is 11.3 Å². The monoisotopic (exact) mass is 505 g/mol. The van der Waals surface area contributed by atoms with Crippen molar-refractivity contribution in [1.82, 2.24) is 15.0 Å². The van der Waals surface area contributed by atoms with Gasteiger partial charge in [0.2, 0.25) is 10.1 Å². The van der Waals surface area contributed by atoms with Crippen LogP contribution < -0.4 is 18.9 Å². The second-order valence-electron chi connectivity index (χ2n) is 6.56. The highest BCUT2D eigenvalue weighted by Crippen LogP contribution is 2.40. The number of anilines is 1. The first-order valence-electron chi connectivity index (χ1n) is 9.29. The third kappa shape index (κ3) is 4.97. The van der Waals surface area contributed by atoms with Crippen molar-refractivity contribution in [3.8, 4) is 28.6 Å². The van der Waals surface area contributed by atoms with Gasteiger partial charge in [0.05, 0.1) is 7.11 Å². The van der Waals surface area contributed by atoms with Gasteiger partial charge in [0.25, 0.3) is 10.0 Å². The van der Waals surface area contributed by atoms with Crippen LogP contribution in [0.4, 0.5) is 5.82 Å². The Bertz CT molecular complexity index is 1410. The number of para-hydroxylation sites is 2. The molecule has 3 heterocycles. The second-order valence-corrected chi connectivity index (χ2v) is 10.0. The van der Waals surface area contributed by atoms with Gasteiger partial charge in [-0.15, -0.1) is 11.3 Å². The van der Waals surface area contributed by atoms with Gasteiger partial charge in [-0.3, -0.25) is 4.72 Å². The number of pyridine rings is 1. The van der Waals surface area contributed by atoms with Gasteiger partial charge in [-0.2, -0.15) is 13.1 Å². The lowest BCUT2D eigenvalue weighted by atomic mass is 10.2. The van der Waals surface area contributed by atoms with E-state index in [1.165, 1.54) is 37.8 Å². The molecule has 0 atom stereocenters. The van der Waals surface area contributed by atoms with E-state index in [-0.39, 0.29) is 32.6 Å². The maximum atomic E-state index is 13.0. The van der Waals surface area contributed by atoms with E-state index in [0.717, 1.165) is 16.2 Å². The molecular weight excluding hydrogens is 490 g/mol. The van der Waals surface area contributed by atoms with Crippen molar-refractivity contribution in [2.24, 2.45) is 0 Å². The number of aromatic nitrogens is 4. The predicted octanol–water partition coefficient (Wildman–Crippen LogP) is 3.80. The molecule has 3 aromatic heterocycles. The standard InChI is InChI=1S/C20H16ClN5O5S2/c1-12-11-22-20(32-12)33(28,29)25-19-16(31-15-6-4-3-5-14(15)30-2)17(21)23-18(24-19)13-7-9-26(27)10-8-13/h3-11H,1-2H3,(H,23,24,25). The van der Waals surface area contributed by atoms with Crippen LogP contribution in [0, 0.1) is 12.1 Å². The van der Waals surface area contributed by atoms with E-state index >= 15 is 0 Å². The van der Waals surface area contributed by atoms with Gasteiger partial charge in [-0.25, -0.2) is 15.0 Å². The minimum absolute atomic E-state index is 0.0843. The Labute approximate surface area is 198 Å². The minimum atomic E-state index is -4.10. The summed E-state index contributed by atoms with van der Waals surface area (Å²) in [5, 5.41) is 11.2. The van der Waals surface area contributed by atoms with Gasteiger partial charge in [-0.1, -0.05) is 23.7 Å². The second kappa shape index (κ2) is 9.17. The molecule has 0 saturated carbocycles. The fourth-order valence-corrected chi connectivity index (χ4v) is 5.04. The lowest BCUT2D eigenvalue weighted by Gasteiger charge is -2.15. The largest absolute Gasteiger partial charge is 0.619 e. The number of thiazole rings is 1. The van der Waals surface area contributed by atoms with Gasteiger partial charge in [0.1, 0.15) is 0 Å². The van der Waals surface area contributed by atoms with Crippen LogP contribution in [0.3, 0.4) is 0 Å². The molecule has 0 amide bonds. The molecule has 4 aromatic rings. The molecule has 170 valence electrons. The zero-order chi connectivity index (χ0) is 23.6. The number of rotatable bonds is 7. The number of halogens is 1. The van der Waals surface area contributed by atoms with Crippen LogP contribution in [-0.4, -0.2) is 30.5 Å². The highest BCUT2D eigenvalue weighted by molar-refractivity contribution is 7.94. The predicted molar refractivity (Wildman–Crippen MR) is 122 cm³/mol. The highest BCUT2D eigenvalue weighted by Gasteiger charge is 2.25. The average Bonchev–Trinajstić information content (AvgIpc) is 3.24. The van der Waals surface area contributed by atoms with Gasteiger partial charge in [0, 0.05) is 28.8 Å². The zero-order valence-corrected chi connectivity index (χ0v) is 19.6. The summed E-state index contributed by atoms with van der Waals surface area (Å²) in [4.78, 5) is 13.2. The first-order valence-corrected chi connectivity index (χ1v) is 12.0. The van der Waals surface area contributed by atoms with E-state index in [0.29, 0.717) is 16.0 Å². The molecule has 4 rings (SSSR count). The lowest BCUT2D eigenvalue weighted by Crippen LogP contribution is -2.23. The minimum Gasteiger partial charge on any atom is -0.619 e. The molecule has 0 aliphatic rings. The average molecular weight is 506 g/mol. The Balaban J connectivity index is 1.83. The molecule has 10 nitrogen and oxygen atoms in total. The molecule has 0 aliphatic carbocycles. The summed E-state index contributed by atoms with van der Waals surface area (Å²) in [6.07, 6.45) is 3.97. The lowest BCUT2D eigenvalue weighted by molar-refractivity contribution is -0.605. The van der Waals surface area contributed by atoms with E-state index in [1.807, 2.05) is 0 Å². The van der Waals surface area contributed by atoms with Crippen molar-refractivity contribution in [3.05, 3.63) is 70.2 Å². The summed E-state index contributed by atoms with van der Waals surface area (Å²) in [5.74, 6) is 0.418. The summed E-state index contributed by atoms with van der Waals surface area (Å²) in [6, 6.07) is 9.70. The Hall–Kier alpha value is -3.48. The van der Waals surface area contributed by atoms with E-state index < -0.39 is 10.0 Å². The van der Waals surface area contributed by atoms with Crippen molar-refractivity contribution in [2.75, 3.05) is 11.8 Å². The van der Waals surface area contributed by atoms with Gasteiger partial charge < -0.3 is 14.7 Å². The Morgan fingerprint density at radius 3 is 2.45 bits per heavy atom. The van der Waals surface area contributed by atoms with Crippen LogP contribution in [0.15, 0.2) is 59.3 Å². The van der Waals surface area contributed by atoms with Crippen molar-refractivity contribution >= 4 is 38.8 Å². The Kier molecular flexibility index (Phi) is 6.31. The molecule has 33 heavy (non-hydrogen) atoms. The summed E-state index contributed by atoms with van der Waals surface area (Å²) >= 11 is 7.41. The van der Waals surface area contributed by atoms with Crippen molar-refractivity contribution in [3.63, 3.8) is 0 Å². The summed E-state index contributed by atoms with van der Waals surface area (Å²) < 4.78 is 39.9. The number of sulfonamides is 1. The van der Waals surface area contributed by atoms with Gasteiger partial charge >= 0.3 is 0 Å². The summed E-state index contributed by atoms with van der Waals surface area (Å²) in [7, 11) is -2.63. The zero-order valence-electron chi connectivity index (χ0n) is 17.2. The van der Waals surface area contributed by atoms with E-state index in [1.54, 1.807) is 31.2 Å². The van der Waals surface area contributed by atoms with Crippen molar-refractivity contribution < 1.29 is 22.6 Å². The fraction of sp³-hybridized carbons (Fsp3) is 0.100. The summed E-state index contributed by atoms with van der Waals surface area (Å²) in [6.45, 7) is 1.74. The van der Waals surface area contributed by atoms with Crippen LogP contribution >= 0.6 is 22.9 Å². The Morgan fingerprint density at radius 2 is 1.82 bits per heavy atom. The topological polar surface area (TPSA) is 130 Å². The van der Waals surface area contributed by atoms with Crippen LogP contribution in [0.5, 0.6) is 17.2 Å². The number of nitrogens with one attached hydrogen (secondary N) is 1. The molecule has 1 N–H and O–H groups in total. The number of ether oxygens (including phenoxy) is 2. The maximum absolute atomic E-state index is 13.0. The molecule has 0 spiro atoms. The first kappa shape index (κ1) is 22.7. The van der Waals surface area contributed by atoms with Crippen LogP contribution in [0.1, 0.15) is 4.88 Å². The molecule has 1 aromatic carbocycles. The number of nitrogens with zero attached hydrogens (tertiary/aromatic N) is 4. The fourth-order valence-electron chi connectivity index (χ4n) is 2.72. The molecule has 0 radical (unpaired) electrons. The van der Waals surface area contributed by atoms with Gasteiger partial charge in [0.15, 0.2) is 40.7 Å². The highest BCUT2D eigenvalue weighted by atomic mass is 35.5. The number of hydrogen-bond donors (Lipinski definition) is 1. The SMILES string of the molecule is COc1ccccc1Oc1c(Cl)nc(-c2cc[n+]([O-])cc2)nc1NS(=O)(=O)c1ncc(C)s1. The maximum Gasteiger partial charge on any atom is 0.290 e. The molecular formula is C20H16ClN5O5S2. The Morgan fingerprint density at radius 1 is 1.12 bits per heavy atom. The van der Waals surface area contributed by atoms with Crippen LogP contribution in [0.2, 0.25) is 5.15 Å². The number of methoxy groups -OCH3 is 1. The number of benzene rings is 1. The van der Waals surface area contributed by atoms with E-state index in [4.69, 9.17) is 21.1 Å². The number of hydrogen-bond acceptors (Lipinski definition) is 9. The number of aryl methyl sites for hydroxylation is 1. The molecule has 13 heteroatoms. The van der Waals surface area contributed by atoms with Crippen LogP contribution in [0.25, 0.3) is 11.4 Å². The van der Waals surface area contributed by atoms with E-state index in [2.05, 4.69) is 19.7 Å². The van der Waals surface area contributed by atoms with Crippen LogP contribution in [-0.2, 0) is 10.0 Å². The molecule has 0 saturated heterocycles. The molecule has 0 bridgehead atoms.